The van der Waals surface area contributed by atoms with Gasteiger partial charge in [0.2, 0.25) is 0 Å². The number of nitrogens with zero attached hydrogens (tertiary/aromatic N) is 1. The molecule has 0 radical (unpaired) electrons. The molecule has 102 valence electrons. The summed E-state index contributed by atoms with van der Waals surface area (Å²) in [7, 11) is 0. The lowest BCUT2D eigenvalue weighted by Crippen LogP contribution is -2.07. The summed E-state index contributed by atoms with van der Waals surface area (Å²) >= 11 is 0. The van der Waals surface area contributed by atoms with Gasteiger partial charge in [0.25, 0.3) is 0 Å². The minimum Gasteiger partial charge on any atom is -0.492 e. The summed E-state index contributed by atoms with van der Waals surface area (Å²) in [5.74, 6) is 0.841. The molecule has 0 aliphatic carbocycles. The van der Waals surface area contributed by atoms with Crippen molar-refractivity contribution in [2.24, 2.45) is 5.73 Å². The summed E-state index contributed by atoms with van der Waals surface area (Å²) in [5, 5.41) is 0. The molecule has 1 heterocycles. The van der Waals surface area contributed by atoms with Crippen LogP contribution in [0.5, 0.6) is 5.75 Å². The fourth-order valence-electron chi connectivity index (χ4n) is 1.82. The van der Waals surface area contributed by atoms with Crippen molar-refractivity contribution in [1.29, 1.82) is 0 Å². The Morgan fingerprint density at radius 3 is 2.50 bits per heavy atom. The lowest BCUT2D eigenvalue weighted by molar-refractivity contribution is 0.303. The minimum atomic E-state index is -0.0161. The highest BCUT2D eigenvalue weighted by Crippen LogP contribution is 2.13. The second kappa shape index (κ2) is 8.92. The molecule has 2 N–H and O–H groups in total. The van der Waals surface area contributed by atoms with Crippen LogP contribution in [-0.4, -0.2) is 11.6 Å². The maximum atomic E-state index is 5.74. The van der Waals surface area contributed by atoms with Crippen LogP contribution in [0.3, 0.4) is 0 Å². The molecule has 1 aromatic rings. The predicted molar refractivity (Wildman–Crippen MR) is 75.7 cm³/mol. The number of ether oxygens (including phenoxy) is 1. The molecule has 0 spiro atoms. The summed E-state index contributed by atoms with van der Waals surface area (Å²) in [6.45, 7) is 4.95. The zero-order chi connectivity index (χ0) is 13.2. The zero-order valence-electron chi connectivity index (χ0n) is 11.7. The van der Waals surface area contributed by atoms with Crippen LogP contribution < -0.4 is 10.5 Å². The summed E-state index contributed by atoms with van der Waals surface area (Å²) in [4.78, 5) is 4.27. The van der Waals surface area contributed by atoms with Gasteiger partial charge in [-0.2, -0.15) is 0 Å². The predicted octanol–water partition coefficient (Wildman–Crippen LogP) is 3.84. The van der Waals surface area contributed by atoms with E-state index in [2.05, 4.69) is 11.9 Å². The van der Waals surface area contributed by atoms with Gasteiger partial charge in [-0.25, -0.2) is 0 Å². The smallest absolute Gasteiger partial charge is 0.137 e. The van der Waals surface area contributed by atoms with Crippen molar-refractivity contribution in [2.45, 2.75) is 58.4 Å². The largest absolute Gasteiger partial charge is 0.492 e. The van der Waals surface area contributed by atoms with Crippen LogP contribution in [0.4, 0.5) is 0 Å². The number of aromatic nitrogens is 1. The number of pyridine rings is 1. The third-order valence-electron chi connectivity index (χ3n) is 2.99. The van der Waals surface area contributed by atoms with E-state index in [9.17, 15) is 0 Å². The van der Waals surface area contributed by atoms with Crippen molar-refractivity contribution >= 4 is 0 Å². The third kappa shape index (κ3) is 6.01. The van der Waals surface area contributed by atoms with Crippen molar-refractivity contribution < 1.29 is 4.74 Å². The van der Waals surface area contributed by atoms with Crippen LogP contribution in [0, 0.1) is 0 Å². The molecule has 0 aromatic carbocycles. The Kier molecular flexibility index (Phi) is 7.42. The molecule has 0 saturated heterocycles. The minimum absolute atomic E-state index is 0.0161. The topological polar surface area (TPSA) is 48.1 Å². The van der Waals surface area contributed by atoms with E-state index in [0.717, 1.165) is 24.5 Å². The van der Waals surface area contributed by atoms with Gasteiger partial charge in [0.15, 0.2) is 0 Å². The van der Waals surface area contributed by atoms with Crippen LogP contribution in [0.15, 0.2) is 18.3 Å². The molecule has 0 fully saturated rings. The molecule has 0 bridgehead atoms. The van der Waals surface area contributed by atoms with E-state index in [1.807, 2.05) is 19.1 Å². The van der Waals surface area contributed by atoms with Crippen LogP contribution >= 0.6 is 0 Å². The quantitative estimate of drug-likeness (QED) is 0.677. The number of unbranched alkanes of at least 4 members (excludes halogenated alkanes) is 5. The Morgan fingerprint density at radius 2 is 1.89 bits per heavy atom. The van der Waals surface area contributed by atoms with Gasteiger partial charge in [0, 0.05) is 6.04 Å². The first-order valence-corrected chi connectivity index (χ1v) is 7.08. The third-order valence-corrected chi connectivity index (χ3v) is 2.99. The fraction of sp³-hybridized carbons (Fsp3) is 0.667. The Morgan fingerprint density at radius 1 is 1.17 bits per heavy atom. The van der Waals surface area contributed by atoms with Crippen LogP contribution in [0.1, 0.15) is 64.1 Å². The van der Waals surface area contributed by atoms with Crippen molar-refractivity contribution in [3.63, 3.8) is 0 Å². The highest BCUT2D eigenvalue weighted by molar-refractivity contribution is 5.21. The molecule has 0 unspecified atom stereocenters. The molecule has 1 rings (SSSR count). The second-order valence-electron chi connectivity index (χ2n) is 4.82. The molecule has 0 amide bonds. The Balaban J connectivity index is 2.12. The molecule has 0 aliphatic heterocycles. The second-order valence-corrected chi connectivity index (χ2v) is 4.82. The monoisotopic (exact) mass is 250 g/mol. The molecule has 1 atom stereocenters. The Labute approximate surface area is 111 Å². The Bertz CT molecular complexity index is 309. The van der Waals surface area contributed by atoms with E-state index in [0.29, 0.717) is 0 Å². The normalized spacial score (nSPS) is 12.4. The van der Waals surface area contributed by atoms with Gasteiger partial charge >= 0.3 is 0 Å². The molecule has 0 aliphatic rings. The zero-order valence-corrected chi connectivity index (χ0v) is 11.7. The molecular formula is C15H26N2O. The van der Waals surface area contributed by atoms with E-state index in [-0.39, 0.29) is 6.04 Å². The molecular weight excluding hydrogens is 224 g/mol. The SMILES string of the molecule is CCCCCCCCOc1ccc([C@@H](C)N)nc1. The van der Waals surface area contributed by atoms with E-state index in [1.165, 1.54) is 32.1 Å². The first-order valence-electron chi connectivity index (χ1n) is 7.08. The highest BCUT2D eigenvalue weighted by atomic mass is 16.5. The Hall–Kier alpha value is -1.09. The number of nitrogens with two attached hydrogens (primary N) is 1. The first-order chi connectivity index (χ1) is 8.74. The lowest BCUT2D eigenvalue weighted by atomic mass is 10.1. The van der Waals surface area contributed by atoms with E-state index in [1.54, 1.807) is 6.20 Å². The molecule has 18 heavy (non-hydrogen) atoms. The average molecular weight is 250 g/mol. The maximum Gasteiger partial charge on any atom is 0.137 e. The number of rotatable bonds is 9. The van der Waals surface area contributed by atoms with E-state index in [4.69, 9.17) is 10.5 Å². The molecule has 1 aromatic heterocycles. The summed E-state index contributed by atoms with van der Waals surface area (Å²) in [6.07, 6.45) is 9.46. The highest BCUT2D eigenvalue weighted by Gasteiger charge is 2.01. The van der Waals surface area contributed by atoms with Gasteiger partial charge in [-0.1, -0.05) is 39.0 Å². The van der Waals surface area contributed by atoms with Crippen molar-refractivity contribution in [2.75, 3.05) is 6.61 Å². The lowest BCUT2D eigenvalue weighted by Gasteiger charge is -2.08. The van der Waals surface area contributed by atoms with E-state index < -0.39 is 0 Å². The van der Waals surface area contributed by atoms with Crippen LogP contribution in [0.2, 0.25) is 0 Å². The van der Waals surface area contributed by atoms with Crippen molar-refractivity contribution in [1.82, 2.24) is 4.98 Å². The summed E-state index contributed by atoms with van der Waals surface area (Å²) in [6, 6.07) is 3.86. The fourth-order valence-corrected chi connectivity index (χ4v) is 1.82. The van der Waals surface area contributed by atoms with Gasteiger partial charge in [0.1, 0.15) is 5.75 Å². The van der Waals surface area contributed by atoms with Crippen molar-refractivity contribution in [3.05, 3.63) is 24.0 Å². The standard InChI is InChI=1S/C15H26N2O/c1-3-4-5-6-7-8-11-18-14-9-10-15(13(2)16)17-12-14/h9-10,12-13H,3-8,11,16H2,1-2H3/t13-/m1/s1. The molecule has 3 heteroatoms. The number of hydrogen-bond donors (Lipinski definition) is 1. The van der Waals surface area contributed by atoms with Gasteiger partial charge in [0.05, 0.1) is 18.5 Å². The summed E-state index contributed by atoms with van der Waals surface area (Å²) in [5.41, 5.74) is 6.64. The van der Waals surface area contributed by atoms with Crippen LogP contribution in [0.25, 0.3) is 0 Å². The molecule has 3 nitrogen and oxygen atoms in total. The van der Waals surface area contributed by atoms with Crippen molar-refractivity contribution in [3.8, 4) is 5.75 Å². The first kappa shape index (κ1) is 15.0. The van der Waals surface area contributed by atoms with Gasteiger partial charge in [-0.15, -0.1) is 0 Å². The molecule has 0 saturated carbocycles. The number of hydrogen-bond acceptors (Lipinski definition) is 3. The van der Waals surface area contributed by atoms with E-state index >= 15 is 0 Å². The van der Waals surface area contributed by atoms with Crippen LogP contribution in [-0.2, 0) is 0 Å². The summed E-state index contributed by atoms with van der Waals surface area (Å²) < 4.78 is 5.64. The van der Waals surface area contributed by atoms with Gasteiger partial charge in [-0.05, 0) is 25.5 Å². The average Bonchev–Trinajstić information content (AvgIpc) is 2.38. The van der Waals surface area contributed by atoms with Gasteiger partial charge < -0.3 is 10.5 Å². The maximum absolute atomic E-state index is 5.74. The van der Waals surface area contributed by atoms with Gasteiger partial charge in [-0.3, -0.25) is 4.98 Å².